The van der Waals surface area contributed by atoms with Crippen LogP contribution in [0.15, 0.2) is 72.8 Å². The fourth-order valence-electron chi connectivity index (χ4n) is 3.64. The monoisotopic (exact) mass is 530 g/mol. The number of nitrogens with zero attached hydrogens (tertiary/aromatic N) is 1. The van der Waals surface area contributed by atoms with Crippen LogP contribution in [0.5, 0.6) is 5.75 Å². The van der Waals surface area contributed by atoms with E-state index in [4.69, 9.17) is 27.9 Å². The molecular weight excluding hydrogens is 503 g/mol. The third-order valence-corrected chi connectivity index (χ3v) is 7.26. The lowest BCUT2D eigenvalue weighted by Gasteiger charge is -2.31. The number of hydrogen-bond donors (Lipinski definition) is 1. The van der Waals surface area contributed by atoms with Crippen molar-refractivity contribution >= 4 is 46.8 Å². The second-order valence-electron chi connectivity index (χ2n) is 7.88. The van der Waals surface area contributed by atoms with Crippen molar-refractivity contribution in [2.75, 3.05) is 19.9 Å². The van der Waals surface area contributed by atoms with Crippen molar-refractivity contribution in [2.45, 2.75) is 24.8 Å². The summed E-state index contributed by atoms with van der Waals surface area (Å²) < 4.78 is 5.20. The number of rotatable bonds is 11. The molecule has 0 heterocycles. The first kappa shape index (κ1) is 26.9. The van der Waals surface area contributed by atoms with Gasteiger partial charge in [0.1, 0.15) is 11.8 Å². The number of halogens is 2. The summed E-state index contributed by atoms with van der Waals surface area (Å²) in [5.74, 6) is 1.23. The van der Waals surface area contributed by atoms with Gasteiger partial charge in [0.2, 0.25) is 11.8 Å². The van der Waals surface area contributed by atoms with E-state index in [1.54, 1.807) is 37.3 Å². The molecule has 1 atom stereocenters. The molecule has 0 aromatic heterocycles. The third kappa shape index (κ3) is 7.66. The Labute approximate surface area is 220 Å². The van der Waals surface area contributed by atoms with Gasteiger partial charge in [-0.15, -0.1) is 11.8 Å². The van der Waals surface area contributed by atoms with Gasteiger partial charge in [-0.05, 0) is 35.4 Å². The maximum atomic E-state index is 13.5. The average molecular weight is 532 g/mol. The molecule has 3 rings (SSSR count). The molecule has 0 aliphatic carbocycles. The van der Waals surface area contributed by atoms with E-state index in [0.717, 1.165) is 16.9 Å². The largest absolute Gasteiger partial charge is 0.497 e. The van der Waals surface area contributed by atoms with E-state index in [2.05, 4.69) is 5.32 Å². The SMILES string of the molecule is CNC(=O)[C@H](Cc1ccccc1)N(Cc1c(Cl)cccc1Cl)C(=O)CSCc1ccc(OC)cc1. The highest BCUT2D eigenvalue weighted by Crippen LogP contribution is 2.28. The second-order valence-corrected chi connectivity index (χ2v) is 9.68. The minimum Gasteiger partial charge on any atom is -0.497 e. The number of likely N-dealkylation sites (N-methyl/N-ethyl adjacent to an activating group) is 1. The maximum Gasteiger partial charge on any atom is 0.242 e. The summed E-state index contributed by atoms with van der Waals surface area (Å²) in [7, 11) is 3.20. The first-order chi connectivity index (χ1) is 16.9. The molecule has 3 aromatic rings. The van der Waals surface area contributed by atoms with Crippen molar-refractivity contribution < 1.29 is 14.3 Å². The Bertz CT molecular complexity index is 1110. The van der Waals surface area contributed by atoms with Gasteiger partial charge in [0, 0.05) is 41.4 Å². The normalized spacial score (nSPS) is 11.5. The molecule has 0 radical (unpaired) electrons. The molecule has 0 aliphatic rings. The Balaban J connectivity index is 1.83. The van der Waals surface area contributed by atoms with Gasteiger partial charge in [-0.25, -0.2) is 0 Å². The average Bonchev–Trinajstić information content (AvgIpc) is 2.88. The van der Waals surface area contributed by atoms with Crippen molar-refractivity contribution in [3.63, 3.8) is 0 Å². The van der Waals surface area contributed by atoms with Crippen molar-refractivity contribution in [1.82, 2.24) is 10.2 Å². The lowest BCUT2D eigenvalue weighted by atomic mass is 10.0. The van der Waals surface area contributed by atoms with Crippen LogP contribution >= 0.6 is 35.0 Å². The minimum absolute atomic E-state index is 0.130. The van der Waals surface area contributed by atoms with E-state index in [9.17, 15) is 9.59 Å². The smallest absolute Gasteiger partial charge is 0.242 e. The van der Waals surface area contributed by atoms with Crippen LogP contribution in [0.4, 0.5) is 0 Å². The standard InChI is InChI=1S/C27H28Cl2N2O3S/c1-30-27(33)25(15-19-7-4-3-5-8-19)31(16-22-23(28)9-6-10-24(22)29)26(32)18-35-17-20-11-13-21(34-2)14-12-20/h3-14,25H,15-18H2,1-2H3,(H,30,33)/t25-/m0/s1. The van der Waals surface area contributed by atoms with Crippen LogP contribution in [0.1, 0.15) is 16.7 Å². The van der Waals surface area contributed by atoms with Gasteiger partial charge in [0.05, 0.1) is 12.9 Å². The van der Waals surface area contributed by atoms with E-state index in [1.807, 2.05) is 54.6 Å². The van der Waals surface area contributed by atoms with E-state index in [0.29, 0.717) is 27.8 Å². The van der Waals surface area contributed by atoms with E-state index in [1.165, 1.54) is 11.8 Å². The molecule has 0 spiro atoms. The quantitative estimate of drug-likeness (QED) is 0.349. The molecular formula is C27H28Cl2N2O3S. The molecule has 8 heteroatoms. The van der Waals surface area contributed by atoms with Crippen molar-refractivity contribution in [1.29, 1.82) is 0 Å². The lowest BCUT2D eigenvalue weighted by Crippen LogP contribution is -2.50. The summed E-state index contributed by atoms with van der Waals surface area (Å²) in [6.07, 6.45) is 0.372. The van der Waals surface area contributed by atoms with Gasteiger partial charge in [0.25, 0.3) is 0 Å². The fourth-order valence-corrected chi connectivity index (χ4v) is 5.02. The highest BCUT2D eigenvalue weighted by molar-refractivity contribution is 7.99. The topological polar surface area (TPSA) is 58.6 Å². The van der Waals surface area contributed by atoms with Gasteiger partial charge in [0.15, 0.2) is 0 Å². The first-order valence-corrected chi connectivity index (χ1v) is 13.0. The Morgan fingerprint density at radius 1 is 0.943 bits per heavy atom. The number of benzene rings is 3. The van der Waals surface area contributed by atoms with Crippen LogP contribution in [0.25, 0.3) is 0 Å². The molecule has 0 fully saturated rings. The molecule has 3 aromatic carbocycles. The Morgan fingerprint density at radius 2 is 1.60 bits per heavy atom. The number of methoxy groups -OCH3 is 1. The highest BCUT2D eigenvalue weighted by atomic mass is 35.5. The molecule has 2 amide bonds. The fraction of sp³-hybridized carbons (Fsp3) is 0.259. The van der Waals surface area contributed by atoms with Crippen molar-refractivity contribution in [3.05, 3.63) is 99.5 Å². The summed E-state index contributed by atoms with van der Waals surface area (Å²) in [4.78, 5) is 28.1. The summed E-state index contributed by atoms with van der Waals surface area (Å²) in [5.41, 5.74) is 2.65. The summed E-state index contributed by atoms with van der Waals surface area (Å²) >= 11 is 14.3. The predicted molar refractivity (Wildman–Crippen MR) is 144 cm³/mol. The molecule has 5 nitrogen and oxygen atoms in total. The van der Waals surface area contributed by atoms with Crippen LogP contribution < -0.4 is 10.1 Å². The van der Waals surface area contributed by atoms with Gasteiger partial charge in [-0.1, -0.05) is 71.7 Å². The zero-order valence-electron chi connectivity index (χ0n) is 19.7. The summed E-state index contributed by atoms with van der Waals surface area (Å²) in [6, 6.07) is 21.9. The van der Waals surface area contributed by atoms with Crippen molar-refractivity contribution in [2.24, 2.45) is 0 Å². The number of thioether (sulfide) groups is 1. The van der Waals surface area contributed by atoms with Crippen LogP contribution in [0.3, 0.4) is 0 Å². The number of hydrogen-bond acceptors (Lipinski definition) is 4. The van der Waals surface area contributed by atoms with Gasteiger partial charge in [-0.2, -0.15) is 0 Å². The predicted octanol–water partition coefficient (Wildman–Crippen LogP) is 5.62. The van der Waals surface area contributed by atoms with E-state index in [-0.39, 0.29) is 24.1 Å². The number of carbonyl (C=O) groups is 2. The van der Waals surface area contributed by atoms with Crippen LogP contribution in [-0.2, 0) is 28.3 Å². The zero-order valence-corrected chi connectivity index (χ0v) is 22.0. The third-order valence-electron chi connectivity index (χ3n) is 5.56. The molecule has 184 valence electrons. The summed E-state index contributed by atoms with van der Waals surface area (Å²) in [6.45, 7) is 0.130. The highest BCUT2D eigenvalue weighted by Gasteiger charge is 2.30. The molecule has 35 heavy (non-hydrogen) atoms. The number of amides is 2. The number of carbonyl (C=O) groups excluding carboxylic acids is 2. The van der Waals surface area contributed by atoms with Gasteiger partial charge >= 0.3 is 0 Å². The Kier molecular flexibility index (Phi) is 10.3. The van der Waals surface area contributed by atoms with Crippen molar-refractivity contribution in [3.8, 4) is 5.75 Å². The van der Waals surface area contributed by atoms with E-state index < -0.39 is 6.04 Å². The number of nitrogens with one attached hydrogen (secondary N) is 1. The maximum absolute atomic E-state index is 13.5. The molecule has 0 unspecified atom stereocenters. The summed E-state index contributed by atoms with van der Waals surface area (Å²) in [5, 5.41) is 3.62. The van der Waals surface area contributed by atoms with Crippen LogP contribution in [0, 0.1) is 0 Å². The van der Waals surface area contributed by atoms with E-state index >= 15 is 0 Å². The molecule has 0 saturated heterocycles. The first-order valence-electron chi connectivity index (χ1n) is 11.1. The molecule has 1 N–H and O–H groups in total. The van der Waals surface area contributed by atoms with Gasteiger partial charge < -0.3 is 15.0 Å². The lowest BCUT2D eigenvalue weighted by molar-refractivity contribution is -0.139. The van der Waals surface area contributed by atoms with Gasteiger partial charge in [-0.3, -0.25) is 9.59 Å². The molecule has 0 aliphatic heterocycles. The Morgan fingerprint density at radius 3 is 2.20 bits per heavy atom. The molecule has 0 saturated carbocycles. The van der Waals surface area contributed by atoms with Crippen LogP contribution in [0.2, 0.25) is 10.0 Å². The minimum atomic E-state index is -0.719. The molecule has 0 bridgehead atoms. The second kappa shape index (κ2) is 13.4. The Hall–Kier alpha value is -2.67. The zero-order chi connectivity index (χ0) is 25.2. The number of ether oxygens (including phenoxy) is 1. The van der Waals surface area contributed by atoms with Crippen LogP contribution in [-0.4, -0.2) is 42.7 Å².